The predicted octanol–water partition coefficient (Wildman–Crippen LogP) is -1.58. The second-order valence-electron chi connectivity index (χ2n) is 7.56. The van der Waals surface area contributed by atoms with E-state index in [1.54, 1.807) is 6.07 Å². The van der Waals surface area contributed by atoms with Crippen LogP contribution in [0.15, 0.2) is 24.8 Å². The molecule has 5 rings (SSSR count). The Morgan fingerprint density at radius 2 is 2.24 bits per heavy atom. The fourth-order valence-corrected chi connectivity index (χ4v) is 5.80. The minimum Gasteiger partial charge on any atom is -1.00 e. The first kappa shape index (κ1) is 17.6. The Hall–Kier alpha value is -0.850. The van der Waals surface area contributed by atoms with Crippen molar-refractivity contribution < 1.29 is 50.7 Å². The molecule has 4 aliphatic rings. The second-order valence-corrected chi connectivity index (χ2v) is 7.56. The molecule has 0 aromatic heterocycles. The molecule has 1 spiro atoms. The van der Waals surface area contributed by atoms with Crippen LogP contribution in [0.4, 0.5) is 0 Å². The number of carbonyl (C=O) groups excluding carboxylic acids is 1. The molecule has 2 aliphatic heterocycles. The topological polar surface area (TPSA) is 70.0 Å². The molecule has 1 saturated heterocycles. The Balaban J connectivity index is 0.000000980. The molecule has 5 nitrogen and oxygen atoms in total. The summed E-state index contributed by atoms with van der Waals surface area (Å²) in [5.41, 5.74) is 0.256. The molecule has 0 unspecified atom stereocenters. The number of phenolic OH excluding ortho intramolecular Hbond substituents is 1. The minimum atomic E-state index is -1.00. The Morgan fingerprint density at radius 3 is 3.00 bits per heavy atom. The van der Waals surface area contributed by atoms with Crippen molar-refractivity contribution in [3.05, 3.63) is 35.9 Å². The quantitative estimate of drug-likeness (QED) is 0.497. The maximum atomic E-state index is 12.6. The number of likely N-dealkylation sites (tertiary alicyclic amines) is 1. The average molecular weight is 351 g/mol. The Morgan fingerprint density at radius 1 is 1.44 bits per heavy atom. The summed E-state index contributed by atoms with van der Waals surface area (Å²) in [6.45, 7) is 5.36. The van der Waals surface area contributed by atoms with E-state index in [1.165, 1.54) is 0 Å². The monoisotopic (exact) mass is 351 g/mol. The number of carbonyl (C=O) groups is 1. The fraction of sp³-hybridized carbons (Fsp3) is 0.526. The molecular formula is C19H22NNaO4. The Bertz CT molecular complexity index is 787. The number of rotatable bonds is 2. The third kappa shape index (κ3) is 1.88. The Labute approximate surface area is 170 Å². The number of phenols is 1. The van der Waals surface area contributed by atoms with Gasteiger partial charge < -0.3 is 16.4 Å². The standard InChI is InChI=1S/C19H21NO4.Na.H/c1-2-8-20-9-7-18-15-11-3-4-12(21)16(15)24-17(18)13(22)5-6-19(18,23)14(20)10-11;;/h2-4,14,17,21,23H,1,5-10H2;;/q;+1;-1/t14-,17+,18+,19-;;/m1../s1. The van der Waals surface area contributed by atoms with E-state index in [9.17, 15) is 15.0 Å². The third-order valence-corrected chi connectivity index (χ3v) is 6.73. The van der Waals surface area contributed by atoms with Gasteiger partial charge in [0.25, 0.3) is 0 Å². The molecule has 1 aromatic rings. The maximum absolute atomic E-state index is 12.6. The normalized spacial score (nSPS) is 37.7. The number of ether oxygens (including phenoxy) is 1. The zero-order chi connectivity index (χ0) is 16.7. The van der Waals surface area contributed by atoms with Gasteiger partial charge in [-0.15, -0.1) is 6.58 Å². The van der Waals surface area contributed by atoms with Crippen LogP contribution in [0.1, 0.15) is 31.8 Å². The number of Topliss-reactive ketones (excluding diaryl/α,β-unsaturated/α-hetero) is 1. The molecule has 2 fully saturated rings. The second kappa shape index (κ2) is 5.57. The van der Waals surface area contributed by atoms with Gasteiger partial charge in [-0.1, -0.05) is 12.1 Å². The molecule has 2 N–H and O–H groups in total. The Kier molecular flexibility index (Phi) is 3.91. The molecule has 0 amide bonds. The van der Waals surface area contributed by atoms with E-state index in [2.05, 4.69) is 11.5 Å². The van der Waals surface area contributed by atoms with Gasteiger partial charge in [0, 0.05) is 31.1 Å². The largest absolute Gasteiger partial charge is 1.00 e. The third-order valence-electron chi connectivity index (χ3n) is 6.73. The molecule has 0 radical (unpaired) electrons. The molecule has 1 saturated carbocycles. The van der Waals surface area contributed by atoms with E-state index in [0.717, 1.165) is 24.2 Å². The van der Waals surface area contributed by atoms with Crippen molar-refractivity contribution in [2.45, 2.75) is 48.8 Å². The van der Waals surface area contributed by atoms with Gasteiger partial charge >= 0.3 is 29.6 Å². The maximum Gasteiger partial charge on any atom is 1.00 e. The zero-order valence-corrected chi connectivity index (χ0v) is 16.5. The fourth-order valence-electron chi connectivity index (χ4n) is 5.80. The van der Waals surface area contributed by atoms with E-state index in [0.29, 0.717) is 31.4 Å². The van der Waals surface area contributed by atoms with Crippen LogP contribution in [0.5, 0.6) is 11.5 Å². The molecular weight excluding hydrogens is 329 g/mol. The SMILES string of the molecule is C=CCN1CC[C@]23c4c5ccc(O)c4O[C@H]2C(=O)CC[C@@]3(O)[C@H]1C5.[H-].[Na+]. The van der Waals surface area contributed by atoms with Crippen LogP contribution in [0.3, 0.4) is 0 Å². The van der Waals surface area contributed by atoms with Gasteiger partial charge in [0.05, 0.1) is 11.0 Å². The van der Waals surface area contributed by atoms with Crippen LogP contribution < -0.4 is 34.3 Å². The predicted molar refractivity (Wildman–Crippen MR) is 88.4 cm³/mol. The van der Waals surface area contributed by atoms with Gasteiger partial charge in [-0.05, 0) is 30.9 Å². The zero-order valence-electron chi connectivity index (χ0n) is 15.5. The first-order valence-electron chi connectivity index (χ1n) is 8.65. The van der Waals surface area contributed by atoms with Crippen LogP contribution in [0.2, 0.25) is 0 Å². The van der Waals surface area contributed by atoms with E-state index in [-0.39, 0.29) is 48.6 Å². The number of benzene rings is 1. The van der Waals surface area contributed by atoms with E-state index < -0.39 is 17.1 Å². The van der Waals surface area contributed by atoms with Crippen molar-refractivity contribution in [2.24, 2.45) is 0 Å². The van der Waals surface area contributed by atoms with Gasteiger partial charge in [-0.3, -0.25) is 9.69 Å². The van der Waals surface area contributed by atoms with Crippen molar-refractivity contribution in [1.82, 2.24) is 4.90 Å². The number of aliphatic hydroxyl groups is 1. The van der Waals surface area contributed by atoms with Gasteiger partial charge in [0.2, 0.25) is 0 Å². The molecule has 1 aromatic carbocycles. The van der Waals surface area contributed by atoms with Crippen LogP contribution >= 0.6 is 0 Å². The van der Waals surface area contributed by atoms with E-state index >= 15 is 0 Å². The number of piperidine rings is 1. The van der Waals surface area contributed by atoms with Crippen molar-refractivity contribution in [1.29, 1.82) is 0 Å². The first-order valence-corrected chi connectivity index (χ1v) is 8.65. The number of hydrogen-bond acceptors (Lipinski definition) is 5. The minimum absolute atomic E-state index is 0. The van der Waals surface area contributed by atoms with Crippen LogP contribution in [0.25, 0.3) is 0 Å². The summed E-state index contributed by atoms with van der Waals surface area (Å²) in [5.74, 6) is 0.528. The molecule has 4 atom stereocenters. The van der Waals surface area contributed by atoms with Crippen LogP contribution in [-0.4, -0.2) is 51.7 Å². The molecule has 6 heteroatoms. The number of aromatic hydroxyl groups is 1. The van der Waals surface area contributed by atoms with Crippen molar-refractivity contribution in [3.63, 3.8) is 0 Å². The average Bonchev–Trinajstić information content (AvgIpc) is 2.91. The summed E-state index contributed by atoms with van der Waals surface area (Å²) in [5, 5.41) is 22.1. The molecule has 2 heterocycles. The molecule has 25 heavy (non-hydrogen) atoms. The summed E-state index contributed by atoms with van der Waals surface area (Å²) in [6.07, 6.45) is 3.35. The molecule has 2 aliphatic carbocycles. The summed E-state index contributed by atoms with van der Waals surface area (Å²) in [4.78, 5) is 14.9. The van der Waals surface area contributed by atoms with E-state index in [4.69, 9.17) is 4.74 Å². The molecule has 128 valence electrons. The number of ketones is 1. The van der Waals surface area contributed by atoms with Crippen LogP contribution in [-0.2, 0) is 16.6 Å². The summed E-state index contributed by atoms with van der Waals surface area (Å²) in [6, 6.07) is 3.52. The van der Waals surface area contributed by atoms with Crippen molar-refractivity contribution in [3.8, 4) is 11.5 Å². The van der Waals surface area contributed by atoms with Gasteiger partial charge in [0.1, 0.15) is 0 Å². The van der Waals surface area contributed by atoms with Crippen LogP contribution in [0, 0.1) is 0 Å². The van der Waals surface area contributed by atoms with Gasteiger partial charge in [0.15, 0.2) is 23.4 Å². The van der Waals surface area contributed by atoms with Gasteiger partial charge in [-0.25, -0.2) is 0 Å². The van der Waals surface area contributed by atoms with E-state index in [1.807, 2.05) is 12.1 Å². The number of hydrogen-bond donors (Lipinski definition) is 2. The first-order chi connectivity index (χ1) is 11.5. The number of nitrogens with zero attached hydrogens (tertiary/aromatic N) is 1. The van der Waals surface area contributed by atoms with Crippen molar-refractivity contribution >= 4 is 5.78 Å². The summed E-state index contributed by atoms with van der Waals surface area (Å²) >= 11 is 0. The summed E-state index contributed by atoms with van der Waals surface area (Å²) < 4.78 is 5.98. The summed E-state index contributed by atoms with van der Waals surface area (Å²) in [7, 11) is 0. The smallest absolute Gasteiger partial charge is 1.00 e. The molecule has 2 bridgehead atoms. The van der Waals surface area contributed by atoms with Crippen molar-refractivity contribution in [2.75, 3.05) is 13.1 Å². The van der Waals surface area contributed by atoms with Gasteiger partial charge in [-0.2, -0.15) is 0 Å².